The van der Waals surface area contributed by atoms with E-state index in [0.717, 1.165) is 27.4 Å². The van der Waals surface area contributed by atoms with Crippen LogP contribution in [0.4, 0.5) is 0 Å². The monoisotopic (exact) mass is 372 g/mol. The molecule has 1 N–H and O–H groups in total. The molecule has 0 bridgehead atoms. The van der Waals surface area contributed by atoms with E-state index in [-0.39, 0.29) is 12.6 Å². The van der Waals surface area contributed by atoms with Crippen molar-refractivity contribution in [2.75, 3.05) is 6.61 Å². The first kappa shape index (κ1) is 18.1. The lowest BCUT2D eigenvalue weighted by atomic mass is 10.0. The summed E-state index contributed by atoms with van der Waals surface area (Å²) in [6.45, 7) is 0.104. The molecule has 0 spiro atoms. The fourth-order valence-electron chi connectivity index (χ4n) is 3.68. The van der Waals surface area contributed by atoms with Gasteiger partial charge in [-0.05, 0) is 36.6 Å². The highest BCUT2D eigenvalue weighted by Gasteiger charge is 2.23. The smallest absolute Gasteiger partial charge is 0.345 e. The molecule has 1 aromatic heterocycles. The number of pyridine rings is 1. The predicted octanol–water partition coefficient (Wildman–Crippen LogP) is 3.96. The van der Waals surface area contributed by atoms with Gasteiger partial charge in [0.25, 0.3) is 0 Å². The zero-order valence-electron chi connectivity index (χ0n) is 15.8. The number of carbonyl (C=O) groups is 1. The van der Waals surface area contributed by atoms with Gasteiger partial charge < -0.3 is 9.84 Å². The standard InChI is InChI=1S/C24H22NO3/c1-25-20-13-5-3-11-18(20)23(19-12-4-6-14-21(19)25)24(27)28-22-15-7-2-9-17(22)10-8-16-26/h2-7,9,11-15,26H,8,10,16H2,1H3/q+1. The molecule has 3 aromatic carbocycles. The summed E-state index contributed by atoms with van der Waals surface area (Å²) in [5.41, 5.74) is 3.43. The number of rotatable bonds is 5. The second-order valence-electron chi connectivity index (χ2n) is 6.79. The Hall–Kier alpha value is -3.24. The zero-order chi connectivity index (χ0) is 19.5. The summed E-state index contributed by atoms with van der Waals surface area (Å²) in [5, 5.41) is 10.9. The molecule has 0 aliphatic heterocycles. The van der Waals surface area contributed by atoms with Crippen molar-refractivity contribution >= 4 is 27.8 Å². The van der Waals surface area contributed by atoms with Crippen LogP contribution in [0.25, 0.3) is 21.8 Å². The molecule has 0 aliphatic rings. The highest BCUT2D eigenvalue weighted by atomic mass is 16.5. The molecule has 4 nitrogen and oxygen atoms in total. The molecule has 0 unspecified atom stereocenters. The molecule has 4 rings (SSSR count). The van der Waals surface area contributed by atoms with Crippen LogP contribution >= 0.6 is 0 Å². The van der Waals surface area contributed by atoms with Gasteiger partial charge in [0, 0.05) is 18.7 Å². The lowest BCUT2D eigenvalue weighted by Crippen LogP contribution is -2.31. The average Bonchev–Trinajstić information content (AvgIpc) is 2.73. The summed E-state index contributed by atoms with van der Waals surface area (Å²) in [4.78, 5) is 13.3. The van der Waals surface area contributed by atoms with Crippen LogP contribution in [0.5, 0.6) is 5.75 Å². The first-order valence-electron chi connectivity index (χ1n) is 9.41. The molecular formula is C24H22NO3+. The maximum Gasteiger partial charge on any atom is 0.345 e. The summed E-state index contributed by atoms with van der Waals surface area (Å²) in [7, 11) is 2.00. The van der Waals surface area contributed by atoms with Crippen molar-refractivity contribution in [1.29, 1.82) is 0 Å². The van der Waals surface area contributed by atoms with E-state index in [2.05, 4.69) is 4.57 Å². The van der Waals surface area contributed by atoms with E-state index < -0.39 is 0 Å². The van der Waals surface area contributed by atoms with Gasteiger partial charge in [-0.2, -0.15) is 4.57 Å². The number of hydrogen-bond acceptors (Lipinski definition) is 3. The van der Waals surface area contributed by atoms with Crippen LogP contribution in [-0.2, 0) is 13.5 Å². The molecule has 4 aromatic rings. The Kier molecular flexibility index (Phi) is 5.04. The molecule has 0 atom stereocenters. The molecule has 140 valence electrons. The van der Waals surface area contributed by atoms with E-state index >= 15 is 0 Å². The van der Waals surface area contributed by atoms with Crippen LogP contribution in [0.3, 0.4) is 0 Å². The molecule has 0 amide bonds. The van der Waals surface area contributed by atoms with Crippen LogP contribution < -0.4 is 9.30 Å². The minimum absolute atomic E-state index is 0.104. The third kappa shape index (κ3) is 3.23. The van der Waals surface area contributed by atoms with Crippen molar-refractivity contribution in [2.24, 2.45) is 7.05 Å². The normalized spacial score (nSPS) is 11.1. The molecule has 0 aliphatic carbocycles. The van der Waals surface area contributed by atoms with Gasteiger partial charge in [-0.3, -0.25) is 0 Å². The number of aliphatic hydroxyl groups is 1. The Morgan fingerprint density at radius 1 is 0.893 bits per heavy atom. The number of hydrogen-bond donors (Lipinski definition) is 1. The third-order valence-corrected chi connectivity index (χ3v) is 5.05. The second-order valence-corrected chi connectivity index (χ2v) is 6.79. The van der Waals surface area contributed by atoms with Crippen molar-refractivity contribution in [3.8, 4) is 5.75 Å². The molecule has 0 saturated heterocycles. The number of ether oxygens (including phenoxy) is 1. The van der Waals surface area contributed by atoms with Crippen molar-refractivity contribution in [2.45, 2.75) is 12.8 Å². The molecule has 0 fully saturated rings. The minimum atomic E-state index is -0.371. The summed E-state index contributed by atoms with van der Waals surface area (Å²) < 4.78 is 7.95. The predicted molar refractivity (Wildman–Crippen MR) is 109 cm³/mol. The van der Waals surface area contributed by atoms with E-state index in [1.165, 1.54) is 0 Å². The second kappa shape index (κ2) is 7.79. The van der Waals surface area contributed by atoms with E-state index in [0.29, 0.717) is 24.2 Å². The quantitative estimate of drug-likeness (QED) is 0.250. The van der Waals surface area contributed by atoms with Crippen LogP contribution in [0.1, 0.15) is 22.3 Å². The van der Waals surface area contributed by atoms with Gasteiger partial charge in [0.2, 0.25) is 11.0 Å². The number of esters is 1. The number of para-hydroxylation sites is 3. The number of nitrogens with zero attached hydrogens (tertiary/aromatic N) is 1. The summed E-state index contributed by atoms with van der Waals surface area (Å²) in [5.74, 6) is 0.173. The summed E-state index contributed by atoms with van der Waals surface area (Å²) in [6.07, 6.45) is 1.28. The Morgan fingerprint density at radius 2 is 1.46 bits per heavy atom. The van der Waals surface area contributed by atoms with Crippen LogP contribution in [0.2, 0.25) is 0 Å². The van der Waals surface area contributed by atoms with Gasteiger partial charge in [-0.25, -0.2) is 4.79 Å². The van der Waals surface area contributed by atoms with Crippen LogP contribution in [0, 0.1) is 0 Å². The summed E-state index contributed by atoms with van der Waals surface area (Å²) in [6, 6.07) is 23.2. The Labute approximate surface area is 163 Å². The summed E-state index contributed by atoms with van der Waals surface area (Å²) >= 11 is 0. The number of aliphatic hydroxyl groups excluding tert-OH is 1. The minimum Gasteiger partial charge on any atom is -0.423 e. The molecular weight excluding hydrogens is 350 g/mol. The Balaban J connectivity index is 1.85. The number of fused-ring (bicyclic) bond motifs is 2. The maximum absolute atomic E-state index is 13.3. The van der Waals surface area contributed by atoms with Gasteiger partial charge >= 0.3 is 5.97 Å². The van der Waals surface area contributed by atoms with Crippen molar-refractivity contribution in [1.82, 2.24) is 0 Å². The van der Waals surface area contributed by atoms with Crippen molar-refractivity contribution < 1.29 is 19.2 Å². The fourth-order valence-corrected chi connectivity index (χ4v) is 3.68. The van der Waals surface area contributed by atoms with Gasteiger partial charge in [0.05, 0.1) is 16.3 Å². The first-order chi connectivity index (χ1) is 13.7. The SMILES string of the molecule is C[n+]1c2ccccc2c(C(=O)Oc2ccccc2CCCO)c2ccccc21. The topological polar surface area (TPSA) is 50.4 Å². The van der Waals surface area contributed by atoms with Gasteiger partial charge in [0.15, 0.2) is 0 Å². The van der Waals surface area contributed by atoms with E-state index in [4.69, 9.17) is 9.84 Å². The van der Waals surface area contributed by atoms with Gasteiger partial charge in [-0.15, -0.1) is 0 Å². The number of carbonyl (C=O) groups excluding carboxylic acids is 1. The first-order valence-corrected chi connectivity index (χ1v) is 9.41. The molecule has 0 saturated carbocycles. The van der Waals surface area contributed by atoms with E-state index in [9.17, 15) is 4.79 Å². The highest BCUT2D eigenvalue weighted by Crippen LogP contribution is 2.27. The largest absolute Gasteiger partial charge is 0.423 e. The van der Waals surface area contributed by atoms with Crippen LogP contribution in [0.15, 0.2) is 72.8 Å². The lowest BCUT2D eigenvalue weighted by molar-refractivity contribution is -0.617. The van der Waals surface area contributed by atoms with Gasteiger partial charge in [0.1, 0.15) is 12.8 Å². The molecule has 4 heteroatoms. The number of benzene rings is 3. The third-order valence-electron chi connectivity index (χ3n) is 5.05. The number of aromatic nitrogens is 1. The lowest BCUT2D eigenvalue weighted by Gasteiger charge is -2.12. The van der Waals surface area contributed by atoms with Crippen molar-refractivity contribution in [3.05, 3.63) is 83.9 Å². The fraction of sp³-hybridized carbons (Fsp3) is 0.167. The maximum atomic E-state index is 13.3. The van der Waals surface area contributed by atoms with Crippen LogP contribution in [-0.4, -0.2) is 17.7 Å². The average molecular weight is 372 g/mol. The zero-order valence-corrected chi connectivity index (χ0v) is 15.8. The molecule has 0 radical (unpaired) electrons. The highest BCUT2D eigenvalue weighted by molar-refractivity contribution is 6.13. The van der Waals surface area contributed by atoms with Crippen molar-refractivity contribution in [3.63, 3.8) is 0 Å². The van der Waals surface area contributed by atoms with E-state index in [1.807, 2.05) is 73.8 Å². The molecule has 1 heterocycles. The number of aryl methyl sites for hydroxylation is 2. The molecule has 28 heavy (non-hydrogen) atoms. The Bertz CT molecular complexity index is 1110. The van der Waals surface area contributed by atoms with Gasteiger partial charge in [-0.1, -0.05) is 42.5 Å². The Morgan fingerprint density at radius 3 is 2.11 bits per heavy atom. The van der Waals surface area contributed by atoms with E-state index in [1.54, 1.807) is 6.07 Å².